The van der Waals surface area contributed by atoms with Crippen LogP contribution >= 0.6 is 27.7 Å². The molecule has 3 aromatic rings. The minimum atomic E-state index is -0.0756. The van der Waals surface area contributed by atoms with Crippen LogP contribution in [0.4, 0.5) is 0 Å². The van der Waals surface area contributed by atoms with Crippen LogP contribution < -0.4 is 0 Å². The summed E-state index contributed by atoms with van der Waals surface area (Å²) < 4.78 is 5.78. The van der Waals surface area contributed by atoms with Gasteiger partial charge in [-0.3, -0.25) is 4.79 Å². The number of hydrogen-bond acceptors (Lipinski definition) is 3. The van der Waals surface area contributed by atoms with Crippen LogP contribution in [0.1, 0.15) is 21.7 Å². The van der Waals surface area contributed by atoms with Crippen molar-refractivity contribution in [3.05, 3.63) is 65.4 Å². The molecule has 0 bridgehead atoms. The van der Waals surface area contributed by atoms with Crippen LogP contribution in [0.2, 0.25) is 0 Å². The molecule has 0 aliphatic rings. The fourth-order valence-electron chi connectivity index (χ4n) is 2.29. The second-order valence-corrected chi connectivity index (χ2v) is 6.04. The minimum Gasteiger partial charge on any atom is -0.452 e. The Balaban J connectivity index is 2.08. The van der Waals surface area contributed by atoms with Crippen LogP contribution in [0.3, 0.4) is 0 Å². The van der Waals surface area contributed by atoms with Crippen molar-refractivity contribution in [2.24, 2.45) is 0 Å². The Morgan fingerprint density at radius 2 is 1.86 bits per heavy atom. The molecule has 0 saturated heterocycles. The van der Waals surface area contributed by atoms with E-state index >= 15 is 0 Å². The third-order valence-corrected chi connectivity index (χ3v) is 4.69. The van der Waals surface area contributed by atoms with Gasteiger partial charge in [0.2, 0.25) is 5.78 Å². The van der Waals surface area contributed by atoms with Gasteiger partial charge in [-0.05, 0) is 36.6 Å². The molecular formula is C17H13BrO2S. The Morgan fingerprint density at radius 1 is 1.14 bits per heavy atom. The van der Waals surface area contributed by atoms with Crippen LogP contribution in [0.25, 0.3) is 11.0 Å². The monoisotopic (exact) mass is 360 g/mol. The molecule has 0 fully saturated rings. The van der Waals surface area contributed by atoms with Gasteiger partial charge in [0.1, 0.15) is 5.58 Å². The Labute approximate surface area is 135 Å². The van der Waals surface area contributed by atoms with Crippen LogP contribution in [0.5, 0.6) is 0 Å². The lowest BCUT2D eigenvalue weighted by Gasteiger charge is -2.01. The number of carbonyl (C=O) groups is 1. The first-order valence-corrected chi connectivity index (χ1v) is 8.84. The number of thioether (sulfide) groups is 1. The van der Waals surface area contributed by atoms with Crippen LogP contribution in [0, 0.1) is 0 Å². The molecule has 21 heavy (non-hydrogen) atoms. The summed E-state index contributed by atoms with van der Waals surface area (Å²) in [5, 5.41) is 1.58. The number of rotatable bonds is 4. The molecule has 0 aliphatic carbocycles. The van der Waals surface area contributed by atoms with Crippen molar-refractivity contribution in [2.75, 3.05) is 6.26 Å². The lowest BCUT2D eigenvalue weighted by Crippen LogP contribution is -2.02. The molecular weight excluding hydrogens is 348 g/mol. The molecule has 3 rings (SSSR count). The number of furan rings is 1. The summed E-state index contributed by atoms with van der Waals surface area (Å²) in [4.78, 5) is 13.8. The Morgan fingerprint density at radius 3 is 2.52 bits per heavy atom. The highest BCUT2D eigenvalue weighted by Gasteiger charge is 2.20. The minimum absolute atomic E-state index is 0.0756. The summed E-state index contributed by atoms with van der Waals surface area (Å²) in [5.41, 5.74) is 2.30. The summed E-state index contributed by atoms with van der Waals surface area (Å²) in [7, 11) is 0. The number of fused-ring (bicyclic) bond motifs is 1. The molecule has 2 aromatic carbocycles. The maximum absolute atomic E-state index is 12.7. The number of para-hydroxylation sites is 1. The summed E-state index contributed by atoms with van der Waals surface area (Å²) >= 11 is 5.11. The molecule has 0 radical (unpaired) electrons. The van der Waals surface area contributed by atoms with Crippen molar-refractivity contribution in [1.29, 1.82) is 0 Å². The van der Waals surface area contributed by atoms with Crippen molar-refractivity contribution < 1.29 is 9.21 Å². The molecule has 0 unspecified atom stereocenters. The van der Waals surface area contributed by atoms with Crippen molar-refractivity contribution >= 4 is 44.4 Å². The molecule has 0 atom stereocenters. The summed E-state index contributed by atoms with van der Waals surface area (Å²) in [6.45, 7) is 0. The van der Waals surface area contributed by atoms with Gasteiger partial charge < -0.3 is 4.42 Å². The van der Waals surface area contributed by atoms with Gasteiger partial charge in [0.25, 0.3) is 0 Å². The van der Waals surface area contributed by atoms with Crippen LogP contribution in [-0.4, -0.2) is 12.0 Å². The number of hydrogen-bond donors (Lipinski definition) is 0. The van der Waals surface area contributed by atoms with E-state index < -0.39 is 0 Å². The van der Waals surface area contributed by atoms with Crippen LogP contribution in [0.15, 0.2) is 57.8 Å². The van der Waals surface area contributed by atoms with Gasteiger partial charge in [0.05, 0.1) is 0 Å². The van der Waals surface area contributed by atoms with E-state index in [4.69, 9.17) is 4.42 Å². The lowest BCUT2D eigenvalue weighted by molar-refractivity contribution is 0.101. The highest BCUT2D eigenvalue weighted by atomic mass is 79.9. The van der Waals surface area contributed by atoms with Gasteiger partial charge in [-0.2, -0.15) is 0 Å². The number of ketones is 1. The fourth-order valence-corrected chi connectivity index (χ4v) is 3.25. The Hall–Kier alpha value is -1.52. The van der Waals surface area contributed by atoms with Gasteiger partial charge in [-0.25, -0.2) is 0 Å². The third-order valence-electron chi connectivity index (χ3n) is 3.39. The van der Waals surface area contributed by atoms with Gasteiger partial charge in [-0.1, -0.05) is 34.1 Å². The van der Waals surface area contributed by atoms with Gasteiger partial charge >= 0.3 is 0 Å². The Kier molecular flexibility index (Phi) is 4.17. The zero-order valence-electron chi connectivity index (χ0n) is 11.4. The standard InChI is InChI=1S/C17H13BrO2S/c1-21-12-8-6-11(7-9-12)16(19)17-14(10-18)13-4-2-3-5-15(13)20-17/h2-9H,10H2,1H3. The van der Waals surface area contributed by atoms with E-state index in [0.717, 1.165) is 21.4 Å². The molecule has 4 heteroatoms. The fraction of sp³-hybridized carbons (Fsp3) is 0.118. The first-order valence-electron chi connectivity index (χ1n) is 6.49. The predicted molar refractivity (Wildman–Crippen MR) is 90.5 cm³/mol. The number of carbonyl (C=O) groups excluding carboxylic acids is 1. The van der Waals surface area contributed by atoms with Crippen molar-refractivity contribution in [3.63, 3.8) is 0 Å². The zero-order chi connectivity index (χ0) is 14.8. The number of benzene rings is 2. The SMILES string of the molecule is CSc1ccc(C(=O)c2oc3ccccc3c2CBr)cc1. The number of halogens is 1. The van der Waals surface area contributed by atoms with Gasteiger partial charge in [-0.15, -0.1) is 11.8 Å². The zero-order valence-corrected chi connectivity index (χ0v) is 13.8. The molecule has 1 aromatic heterocycles. The lowest BCUT2D eigenvalue weighted by atomic mass is 10.0. The largest absolute Gasteiger partial charge is 0.452 e. The molecule has 0 N–H and O–H groups in total. The first kappa shape index (κ1) is 14.4. The van der Waals surface area contributed by atoms with Crippen molar-refractivity contribution in [1.82, 2.24) is 0 Å². The summed E-state index contributed by atoms with van der Waals surface area (Å²) in [6.07, 6.45) is 2.01. The molecule has 0 saturated carbocycles. The number of alkyl halides is 1. The first-order chi connectivity index (χ1) is 10.2. The maximum Gasteiger partial charge on any atom is 0.228 e. The Bertz CT molecular complexity index is 790. The van der Waals surface area contributed by atoms with Crippen LogP contribution in [-0.2, 0) is 5.33 Å². The summed E-state index contributed by atoms with van der Waals surface area (Å²) in [5.74, 6) is 0.346. The molecule has 1 heterocycles. The van der Waals surface area contributed by atoms with E-state index in [1.807, 2.05) is 54.8 Å². The molecule has 2 nitrogen and oxygen atoms in total. The summed E-state index contributed by atoms with van der Waals surface area (Å²) in [6, 6.07) is 15.3. The van der Waals surface area contributed by atoms with E-state index in [1.54, 1.807) is 11.8 Å². The smallest absolute Gasteiger partial charge is 0.228 e. The second-order valence-electron chi connectivity index (χ2n) is 4.60. The van der Waals surface area contributed by atoms with Gasteiger partial charge in [0.15, 0.2) is 5.76 Å². The van der Waals surface area contributed by atoms with E-state index in [-0.39, 0.29) is 5.78 Å². The predicted octanol–water partition coefficient (Wildman–Crippen LogP) is 5.28. The molecule has 0 amide bonds. The van der Waals surface area contributed by atoms with E-state index in [1.165, 1.54) is 0 Å². The highest BCUT2D eigenvalue weighted by molar-refractivity contribution is 9.08. The quantitative estimate of drug-likeness (QED) is 0.360. The highest BCUT2D eigenvalue weighted by Crippen LogP contribution is 2.29. The average Bonchev–Trinajstić information content (AvgIpc) is 2.92. The van der Waals surface area contributed by atoms with Gasteiger partial charge in [0, 0.05) is 26.7 Å². The van der Waals surface area contributed by atoms with E-state index in [2.05, 4.69) is 15.9 Å². The van der Waals surface area contributed by atoms with E-state index in [9.17, 15) is 4.79 Å². The van der Waals surface area contributed by atoms with Crippen molar-refractivity contribution in [3.8, 4) is 0 Å². The molecule has 0 spiro atoms. The topological polar surface area (TPSA) is 30.2 Å². The van der Waals surface area contributed by atoms with E-state index in [0.29, 0.717) is 16.7 Å². The van der Waals surface area contributed by atoms with Crippen molar-refractivity contribution in [2.45, 2.75) is 10.2 Å². The normalized spacial score (nSPS) is 11.0. The molecule has 106 valence electrons. The average molecular weight is 361 g/mol. The second kappa shape index (κ2) is 6.08. The third kappa shape index (κ3) is 2.65. The maximum atomic E-state index is 12.7. The molecule has 0 aliphatic heterocycles.